The first-order valence-electron chi connectivity index (χ1n) is 6.31. The molecule has 1 aromatic rings. The van der Waals surface area contributed by atoms with Gasteiger partial charge in [-0.3, -0.25) is 4.79 Å². The Bertz CT molecular complexity index is 447. The number of carbonyl (C=O) groups is 1. The standard InChI is InChI=1S/C14H20N2OS/c1-9-6-7-10(11(15)8-9)14(17)16-12-4-3-5-13(12)18-2/h6-8,12-13H,3-5,15H2,1-2H3,(H,16,17). The Morgan fingerprint density at radius 1 is 1.44 bits per heavy atom. The van der Waals surface area contributed by atoms with Crippen LogP contribution < -0.4 is 11.1 Å². The number of benzene rings is 1. The lowest BCUT2D eigenvalue weighted by atomic mass is 10.1. The third kappa shape index (κ3) is 2.80. The van der Waals surface area contributed by atoms with Crippen molar-refractivity contribution in [2.24, 2.45) is 0 Å². The van der Waals surface area contributed by atoms with E-state index in [2.05, 4.69) is 11.6 Å². The quantitative estimate of drug-likeness (QED) is 0.825. The van der Waals surface area contributed by atoms with E-state index in [-0.39, 0.29) is 11.9 Å². The van der Waals surface area contributed by atoms with Crippen LogP contribution in [-0.4, -0.2) is 23.5 Å². The molecular formula is C14H20N2OS. The van der Waals surface area contributed by atoms with E-state index < -0.39 is 0 Å². The van der Waals surface area contributed by atoms with Crippen molar-refractivity contribution in [2.45, 2.75) is 37.5 Å². The molecule has 0 heterocycles. The van der Waals surface area contributed by atoms with Gasteiger partial charge in [0.05, 0.1) is 5.56 Å². The molecular weight excluding hydrogens is 244 g/mol. The maximum absolute atomic E-state index is 12.2. The van der Waals surface area contributed by atoms with Crippen LogP contribution in [0.15, 0.2) is 18.2 Å². The first kappa shape index (κ1) is 13.3. The Balaban J connectivity index is 2.07. The lowest BCUT2D eigenvalue weighted by Crippen LogP contribution is -2.38. The molecule has 0 spiro atoms. The molecule has 0 aliphatic heterocycles. The highest BCUT2D eigenvalue weighted by molar-refractivity contribution is 7.99. The summed E-state index contributed by atoms with van der Waals surface area (Å²) in [7, 11) is 0. The van der Waals surface area contributed by atoms with Crippen LogP contribution in [0.5, 0.6) is 0 Å². The number of anilines is 1. The smallest absolute Gasteiger partial charge is 0.253 e. The maximum atomic E-state index is 12.2. The van der Waals surface area contributed by atoms with Gasteiger partial charge in [-0.05, 0) is 43.7 Å². The number of thioether (sulfide) groups is 1. The minimum atomic E-state index is -0.0431. The van der Waals surface area contributed by atoms with Crippen molar-refractivity contribution >= 4 is 23.4 Å². The third-order valence-electron chi connectivity index (χ3n) is 3.52. The van der Waals surface area contributed by atoms with Crippen molar-refractivity contribution in [3.63, 3.8) is 0 Å². The largest absolute Gasteiger partial charge is 0.398 e. The molecule has 2 atom stereocenters. The zero-order chi connectivity index (χ0) is 13.1. The molecule has 0 bridgehead atoms. The van der Waals surface area contributed by atoms with Gasteiger partial charge in [0.1, 0.15) is 0 Å². The van der Waals surface area contributed by atoms with Crippen LogP contribution in [0.2, 0.25) is 0 Å². The molecule has 1 amide bonds. The van der Waals surface area contributed by atoms with Crippen molar-refractivity contribution in [2.75, 3.05) is 12.0 Å². The second-order valence-corrected chi connectivity index (χ2v) is 5.95. The van der Waals surface area contributed by atoms with Crippen LogP contribution in [0.1, 0.15) is 35.2 Å². The van der Waals surface area contributed by atoms with Gasteiger partial charge in [-0.15, -0.1) is 0 Å². The van der Waals surface area contributed by atoms with Gasteiger partial charge in [-0.1, -0.05) is 12.5 Å². The van der Waals surface area contributed by atoms with E-state index in [4.69, 9.17) is 5.73 Å². The summed E-state index contributed by atoms with van der Waals surface area (Å²) in [4.78, 5) is 12.2. The van der Waals surface area contributed by atoms with Crippen LogP contribution in [0.4, 0.5) is 5.69 Å². The molecule has 1 saturated carbocycles. The van der Waals surface area contributed by atoms with Crippen LogP contribution in [0.25, 0.3) is 0 Å². The molecule has 2 rings (SSSR count). The van der Waals surface area contributed by atoms with E-state index in [9.17, 15) is 4.79 Å². The van der Waals surface area contributed by atoms with Crippen LogP contribution in [0, 0.1) is 6.92 Å². The van der Waals surface area contributed by atoms with Crippen LogP contribution in [0.3, 0.4) is 0 Å². The van der Waals surface area contributed by atoms with Gasteiger partial charge in [-0.2, -0.15) is 11.8 Å². The second kappa shape index (κ2) is 5.65. The van der Waals surface area contributed by atoms with Gasteiger partial charge in [0.15, 0.2) is 0 Å². The van der Waals surface area contributed by atoms with Crippen molar-refractivity contribution < 1.29 is 4.79 Å². The highest BCUT2D eigenvalue weighted by atomic mass is 32.2. The molecule has 3 nitrogen and oxygen atoms in total. The molecule has 4 heteroatoms. The van der Waals surface area contributed by atoms with Gasteiger partial charge >= 0.3 is 0 Å². The molecule has 3 N–H and O–H groups in total. The number of nitrogens with two attached hydrogens (primary N) is 1. The average Bonchev–Trinajstić information content (AvgIpc) is 2.76. The lowest BCUT2D eigenvalue weighted by Gasteiger charge is -2.19. The molecule has 18 heavy (non-hydrogen) atoms. The summed E-state index contributed by atoms with van der Waals surface area (Å²) < 4.78 is 0. The number of amides is 1. The second-order valence-electron chi connectivity index (χ2n) is 4.88. The van der Waals surface area contributed by atoms with E-state index in [0.29, 0.717) is 16.5 Å². The minimum absolute atomic E-state index is 0.0431. The molecule has 1 fully saturated rings. The predicted octanol–water partition coefficient (Wildman–Crippen LogP) is 2.59. The fraction of sp³-hybridized carbons (Fsp3) is 0.500. The lowest BCUT2D eigenvalue weighted by molar-refractivity contribution is 0.0939. The summed E-state index contributed by atoms with van der Waals surface area (Å²) in [5.74, 6) is -0.0431. The molecule has 0 aromatic heterocycles. The Morgan fingerprint density at radius 2 is 2.22 bits per heavy atom. The fourth-order valence-electron chi connectivity index (χ4n) is 2.51. The fourth-order valence-corrected chi connectivity index (χ4v) is 3.44. The number of nitrogen functional groups attached to an aromatic ring is 1. The van der Waals surface area contributed by atoms with Crippen molar-refractivity contribution in [1.29, 1.82) is 0 Å². The first-order valence-corrected chi connectivity index (χ1v) is 7.60. The zero-order valence-electron chi connectivity index (χ0n) is 10.9. The zero-order valence-corrected chi connectivity index (χ0v) is 11.7. The highest BCUT2D eigenvalue weighted by Crippen LogP contribution is 2.28. The van der Waals surface area contributed by atoms with E-state index in [1.54, 1.807) is 0 Å². The predicted molar refractivity (Wildman–Crippen MR) is 78.0 cm³/mol. The van der Waals surface area contributed by atoms with E-state index in [0.717, 1.165) is 12.0 Å². The summed E-state index contributed by atoms with van der Waals surface area (Å²) in [5.41, 5.74) is 8.12. The molecule has 0 saturated heterocycles. The van der Waals surface area contributed by atoms with E-state index in [1.807, 2.05) is 36.9 Å². The van der Waals surface area contributed by atoms with Gasteiger partial charge in [-0.25, -0.2) is 0 Å². The molecule has 98 valence electrons. The Labute approximate surface area is 113 Å². The topological polar surface area (TPSA) is 55.1 Å². The van der Waals surface area contributed by atoms with Gasteiger partial charge in [0, 0.05) is 17.0 Å². The number of hydrogen-bond donors (Lipinski definition) is 2. The summed E-state index contributed by atoms with van der Waals surface area (Å²) in [5, 5.41) is 3.66. The molecule has 0 radical (unpaired) electrons. The minimum Gasteiger partial charge on any atom is -0.398 e. The average molecular weight is 264 g/mol. The number of aryl methyl sites for hydroxylation is 1. The van der Waals surface area contributed by atoms with Crippen LogP contribution >= 0.6 is 11.8 Å². The number of rotatable bonds is 3. The summed E-state index contributed by atoms with van der Waals surface area (Å²) >= 11 is 1.84. The Kier molecular flexibility index (Phi) is 4.17. The molecule has 1 aromatic carbocycles. The van der Waals surface area contributed by atoms with Crippen molar-refractivity contribution in [3.05, 3.63) is 29.3 Å². The number of nitrogens with one attached hydrogen (secondary N) is 1. The Hall–Kier alpha value is -1.16. The maximum Gasteiger partial charge on any atom is 0.253 e. The Morgan fingerprint density at radius 3 is 2.89 bits per heavy atom. The van der Waals surface area contributed by atoms with Gasteiger partial charge in [0.2, 0.25) is 0 Å². The van der Waals surface area contributed by atoms with E-state index >= 15 is 0 Å². The third-order valence-corrected chi connectivity index (χ3v) is 4.69. The van der Waals surface area contributed by atoms with E-state index in [1.165, 1.54) is 12.8 Å². The molecule has 1 aliphatic carbocycles. The van der Waals surface area contributed by atoms with Crippen molar-refractivity contribution in [3.8, 4) is 0 Å². The van der Waals surface area contributed by atoms with Gasteiger partial charge < -0.3 is 11.1 Å². The number of carbonyl (C=O) groups excluding carboxylic acids is 1. The SMILES string of the molecule is CSC1CCCC1NC(=O)c1ccc(C)cc1N. The molecule has 1 aliphatic rings. The summed E-state index contributed by atoms with van der Waals surface area (Å²) in [6.07, 6.45) is 5.56. The number of hydrogen-bond acceptors (Lipinski definition) is 3. The summed E-state index contributed by atoms with van der Waals surface area (Å²) in [6.45, 7) is 1.97. The molecule has 2 unspecified atom stereocenters. The first-order chi connectivity index (χ1) is 8.61. The summed E-state index contributed by atoms with van der Waals surface area (Å²) in [6, 6.07) is 5.86. The van der Waals surface area contributed by atoms with Gasteiger partial charge in [0.25, 0.3) is 5.91 Å². The highest BCUT2D eigenvalue weighted by Gasteiger charge is 2.28. The monoisotopic (exact) mass is 264 g/mol. The normalized spacial score (nSPS) is 23.0. The van der Waals surface area contributed by atoms with Crippen LogP contribution in [-0.2, 0) is 0 Å². The van der Waals surface area contributed by atoms with Crippen molar-refractivity contribution in [1.82, 2.24) is 5.32 Å².